The lowest BCUT2D eigenvalue weighted by Crippen LogP contribution is -2.26. The highest BCUT2D eigenvalue weighted by Gasteiger charge is 2.36. The fourth-order valence-electron chi connectivity index (χ4n) is 5.25. The first-order chi connectivity index (χ1) is 19.9. The SMILES string of the molecule is CC(C)(C)c1ccc2c(c1)C(C)(C)c1cc(C(C)(C)C)ccc1O2.c1ccc(-c2cccnc2-c2ccccn2)nc1. The van der Waals surface area contributed by atoms with E-state index in [0.717, 1.165) is 34.1 Å². The first-order valence-corrected chi connectivity index (χ1v) is 14.6. The van der Waals surface area contributed by atoms with E-state index in [2.05, 4.69) is 107 Å². The van der Waals surface area contributed by atoms with Gasteiger partial charge in [-0.2, -0.15) is 0 Å². The van der Waals surface area contributed by atoms with Crippen molar-refractivity contribution in [3.05, 3.63) is 126 Å². The number of nitrogens with zero attached hydrogens (tertiary/aromatic N) is 3. The van der Waals surface area contributed by atoms with Crippen LogP contribution >= 0.6 is 0 Å². The van der Waals surface area contributed by atoms with Crippen LogP contribution in [0.4, 0.5) is 0 Å². The Morgan fingerprint density at radius 2 is 1.05 bits per heavy atom. The van der Waals surface area contributed by atoms with Crippen LogP contribution in [0.15, 0.2) is 104 Å². The summed E-state index contributed by atoms with van der Waals surface area (Å²) in [6.07, 6.45) is 5.33. The summed E-state index contributed by atoms with van der Waals surface area (Å²) in [7, 11) is 0. The third-order valence-electron chi connectivity index (χ3n) is 7.91. The monoisotopic (exact) mass is 555 g/mol. The van der Waals surface area contributed by atoms with Crippen molar-refractivity contribution in [1.29, 1.82) is 0 Å². The van der Waals surface area contributed by atoms with Crippen molar-refractivity contribution in [2.45, 2.75) is 71.6 Å². The van der Waals surface area contributed by atoms with E-state index >= 15 is 0 Å². The van der Waals surface area contributed by atoms with Crippen molar-refractivity contribution in [3.8, 4) is 34.1 Å². The quantitative estimate of drug-likeness (QED) is 0.217. The van der Waals surface area contributed by atoms with Crippen molar-refractivity contribution < 1.29 is 4.74 Å². The van der Waals surface area contributed by atoms with Crippen molar-refractivity contribution in [2.24, 2.45) is 0 Å². The van der Waals surface area contributed by atoms with Crippen LogP contribution in [0, 0.1) is 0 Å². The molecule has 0 aliphatic carbocycles. The van der Waals surface area contributed by atoms with Crippen LogP contribution in [0.2, 0.25) is 0 Å². The van der Waals surface area contributed by atoms with Crippen LogP contribution in [0.3, 0.4) is 0 Å². The molecule has 4 heterocycles. The lowest BCUT2D eigenvalue weighted by Gasteiger charge is -2.37. The minimum Gasteiger partial charge on any atom is -0.457 e. The van der Waals surface area contributed by atoms with Gasteiger partial charge in [-0.1, -0.05) is 91.8 Å². The van der Waals surface area contributed by atoms with E-state index in [9.17, 15) is 0 Å². The molecule has 4 heteroatoms. The Kier molecular flexibility index (Phi) is 7.76. The Morgan fingerprint density at radius 1 is 0.548 bits per heavy atom. The van der Waals surface area contributed by atoms with Gasteiger partial charge in [0, 0.05) is 40.7 Å². The van der Waals surface area contributed by atoms with Crippen LogP contribution in [-0.2, 0) is 16.2 Å². The normalized spacial score (nSPS) is 13.6. The second kappa shape index (κ2) is 11.2. The summed E-state index contributed by atoms with van der Waals surface area (Å²) in [4.78, 5) is 13.1. The molecular weight excluding hydrogens is 514 g/mol. The second-order valence-corrected chi connectivity index (χ2v) is 13.5. The maximum absolute atomic E-state index is 6.25. The number of hydrogen-bond acceptors (Lipinski definition) is 4. The number of benzene rings is 2. The van der Waals surface area contributed by atoms with Crippen molar-refractivity contribution in [3.63, 3.8) is 0 Å². The summed E-state index contributed by atoms with van der Waals surface area (Å²) in [6.45, 7) is 18.2. The topological polar surface area (TPSA) is 47.9 Å². The highest BCUT2D eigenvalue weighted by Crippen LogP contribution is 2.49. The Hall–Kier alpha value is -4.31. The minimum absolute atomic E-state index is 0.0641. The molecule has 1 aliphatic rings. The van der Waals surface area contributed by atoms with Crippen LogP contribution in [-0.4, -0.2) is 15.0 Å². The predicted molar refractivity (Wildman–Crippen MR) is 173 cm³/mol. The van der Waals surface area contributed by atoms with Crippen molar-refractivity contribution >= 4 is 0 Å². The van der Waals surface area contributed by atoms with E-state index < -0.39 is 0 Å². The maximum atomic E-state index is 6.25. The summed E-state index contributed by atoms with van der Waals surface area (Å²) in [5, 5.41) is 0. The molecule has 0 N–H and O–H groups in total. The molecule has 4 nitrogen and oxygen atoms in total. The summed E-state index contributed by atoms with van der Waals surface area (Å²) in [5.41, 5.74) is 9.12. The molecule has 0 unspecified atom stereocenters. The van der Waals surface area contributed by atoms with E-state index in [0.29, 0.717) is 0 Å². The van der Waals surface area contributed by atoms with E-state index in [1.807, 2.05) is 48.5 Å². The fraction of sp³-hybridized carbons (Fsp3) is 0.289. The van der Waals surface area contributed by atoms with Gasteiger partial charge in [-0.3, -0.25) is 15.0 Å². The third-order valence-corrected chi connectivity index (χ3v) is 7.91. The Labute approximate surface area is 250 Å². The summed E-state index contributed by atoms with van der Waals surface area (Å²) < 4.78 is 6.25. The highest BCUT2D eigenvalue weighted by molar-refractivity contribution is 5.76. The maximum Gasteiger partial charge on any atom is 0.131 e. The lowest BCUT2D eigenvalue weighted by atomic mass is 9.72. The molecule has 0 bridgehead atoms. The zero-order valence-electron chi connectivity index (χ0n) is 26.1. The molecule has 42 heavy (non-hydrogen) atoms. The van der Waals surface area contributed by atoms with Gasteiger partial charge < -0.3 is 4.74 Å². The molecule has 5 aromatic rings. The van der Waals surface area contributed by atoms with Crippen LogP contribution in [0.25, 0.3) is 22.6 Å². The number of pyridine rings is 3. The smallest absolute Gasteiger partial charge is 0.131 e. The number of ether oxygens (including phenoxy) is 1. The third kappa shape index (κ3) is 5.99. The van der Waals surface area contributed by atoms with Gasteiger partial charge in [0.05, 0.1) is 17.1 Å². The van der Waals surface area contributed by atoms with Gasteiger partial charge >= 0.3 is 0 Å². The largest absolute Gasteiger partial charge is 0.457 e. The molecule has 3 aromatic heterocycles. The molecule has 0 fully saturated rings. The van der Waals surface area contributed by atoms with Gasteiger partial charge in [-0.05, 0) is 70.5 Å². The Bertz CT molecular complexity index is 1550. The zero-order chi connectivity index (χ0) is 30.1. The van der Waals surface area contributed by atoms with E-state index in [1.54, 1.807) is 18.6 Å². The van der Waals surface area contributed by atoms with Gasteiger partial charge in [-0.15, -0.1) is 0 Å². The second-order valence-electron chi connectivity index (χ2n) is 13.5. The number of fused-ring (bicyclic) bond motifs is 2. The summed E-state index contributed by atoms with van der Waals surface area (Å²) >= 11 is 0. The van der Waals surface area contributed by atoms with E-state index in [4.69, 9.17) is 4.74 Å². The molecular formula is C38H41N3O. The summed E-state index contributed by atoms with van der Waals surface area (Å²) in [6, 6.07) is 28.9. The molecule has 0 saturated heterocycles. The number of rotatable bonds is 2. The highest BCUT2D eigenvalue weighted by atomic mass is 16.5. The van der Waals surface area contributed by atoms with Gasteiger partial charge in [0.1, 0.15) is 11.5 Å². The molecule has 6 rings (SSSR count). The average Bonchev–Trinajstić information content (AvgIpc) is 2.97. The fourth-order valence-corrected chi connectivity index (χ4v) is 5.25. The van der Waals surface area contributed by atoms with Gasteiger partial charge in [0.2, 0.25) is 0 Å². The van der Waals surface area contributed by atoms with Crippen molar-refractivity contribution in [2.75, 3.05) is 0 Å². The van der Waals surface area contributed by atoms with Crippen LogP contribution in [0.1, 0.15) is 77.6 Å². The molecule has 0 amide bonds. The molecule has 1 aliphatic heterocycles. The molecule has 0 spiro atoms. The number of aromatic nitrogens is 3. The van der Waals surface area contributed by atoms with Gasteiger partial charge in [0.25, 0.3) is 0 Å². The van der Waals surface area contributed by atoms with Crippen molar-refractivity contribution in [1.82, 2.24) is 15.0 Å². The molecule has 0 radical (unpaired) electrons. The molecule has 0 atom stereocenters. The van der Waals surface area contributed by atoms with Crippen LogP contribution < -0.4 is 4.74 Å². The molecule has 2 aromatic carbocycles. The van der Waals surface area contributed by atoms with E-state index in [-0.39, 0.29) is 16.2 Å². The standard InChI is InChI=1S/C23H30O.C15H11N3/c1-21(2,3)15-9-11-19-17(13-15)23(7,8)18-14-16(22(4,5)6)10-12-20(18)24-19;1-3-9-16-13(7-1)12-6-5-11-18-15(12)14-8-2-4-10-17-14/h9-14H,1-8H3;1-11H. The van der Waals surface area contributed by atoms with Gasteiger partial charge in [-0.25, -0.2) is 0 Å². The molecule has 214 valence electrons. The minimum atomic E-state index is -0.0641. The zero-order valence-corrected chi connectivity index (χ0v) is 26.1. The molecule has 0 saturated carbocycles. The predicted octanol–water partition coefficient (Wildman–Crippen LogP) is 9.92. The Morgan fingerprint density at radius 3 is 1.52 bits per heavy atom. The number of hydrogen-bond donors (Lipinski definition) is 0. The average molecular weight is 556 g/mol. The van der Waals surface area contributed by atoms with Gasteiger partial charge in [0.15, 0.2) is 0 Å². The Balaban J connectivity index is 0.000000175. The lowest BCUT2D eigenvalue weighted by molar-refractivity contribution is 0.415. The van der Waals surface area contributed by atoms with Crippen LogP contribution in [0.5, 0.6) is 11.5 Å². The van der Waals surface area contributed by atoms with E-state index in [1.165, 1.54) is 22.3 Å². The summed E-state index contributed by atoms with van der Waals surface area (Å²) in [5.74, 6) is 1.98. The first kappa shape index (κ1) is 29.2. The first-order valence-electron chi connectivity index (χ1n) is 14.6.